The quantitative estimate of drug-likeness (QED) is 0.677. The lowest BCUT2D eigenvalue weighted by molar-refractivity contribution is 0.629. The fourth-order valence-electron chi connectivity index (χ4n) is 1.66. The van der Waals surface area contributed by atoms with Crippen LogP contribution >= 0.6 is 34.5 Å². The number of rotatable bonds is 2. The van der Waals surface area contributed by atoms with Crippen LogP contribution in [0.1, 0.15) is 0 Å². The molecule has 0 aliphatic heterocycles. The Morgan fingerprint density at radius 1 is 1.11 bits per heavy atom. The lowest BCUT2D eigenvalue weighted by Gasteiger charge is -2.04. The van der Waals surface area contributed by atoms with Crippen LogP contribution in [0.2, 0.25) is 10.0 Å². The van der Waals surface area contributed by atoms with E-state index in [4.69, 9.17) is 23.2 Å². The van der Waals surface area contributed by atoms with Gasteiger partial charge < -0.3 is 5.32 Å². The van der Waals surface area contributed by atoms with Crippen molar-refractivity contribution < 1.29 is 4.39 Å². The molecule has 0 spiro atoms. The molecule has 1 heterocycles. The van der Waals surface area contributed by atoms with E-state index in [0.717, 1.165) is 4.70 Å². The molecule has 19 heavy (non-hydrogen) atoms. The third-order valence-electron chi connectivity index (χ3n) is 2.52. The number of fused-ring (bicyclic) bond motifs is 1. The number of anilines is 2. The van der Waals surface area contributed by atoms with Gasteiger partial charge in [0.05, 0.1) is 20.9 Å². The van der Waals surface area contributed by atoms with Crippen molar-refractivity contribution in [2.75, 3.05) is 5.32 Å². The molecule has 0 radical (unpaired) electrons. The maximum absolute atomic E-state index is 13.1. The minimum Gasteiger partial charge on any atom is -0.330 e. The van der Waals surface area contributed by atoms with Gasteiger partial charge in [0, 0.05) is 11.1 Å². The van der Waals surface area contributed by atoms with Crippen molar-refractivity contribution >= 4 is 55.6 Å². The van der Waals surface area contributed by atoms with Crippen molar-refractivity contribution in [3.8, 4) is 0 Å². The summed E-state index contributed by atoms with van der Waals surface area (Å²) in [6, 6.07) is 9.65. The van der Waals surface area contributed by atoms with Crippen molar-refractivity contribution in [3.05, 3.63) is 52.3 Å². The standard InChI is InChI=1S/C13H7Cl2FN2S/c14-7-1-3-9(15)10(5-7)17-13-18-11-6-8(16)2-4-12(11)19-13/h1-6H,(H,17,18). The van der Waals surface area contributed by atoms with Crippen LogP contribution in [0.3, 0.4) is 0 Å². The van der Waals surface area contributed by atoms with Gasteiger partial charge in [0.15, 0.2) is 5.13 Å². The van der Waals surface area contributed by atoms with E-state index in [1.54, 1.807) is 24.3 Å². The Morgan fingerprint density at radius 3 is 2.79 bits per heavy atom. The van der Waals surface area contributed by atoms with E-state index in [1.807, 2.05) is 0 Å². The molecule has 0 atom stereocenters. The molecule has 3 aromatic rings. The van der Waals surface area contributed by atoms with E-state index in [1.165, 1.54) is 23.5 Å². The van der Waals surface area contributed by atoms with Crippen molar-refractivity contribution in [3.63, 3.8) is 0 Å². The Kier molecular flexibility index (Phi) is 3.31. The highest BCUT2D eigenvalue weighted by molar-refractivity contribution is 7.22. The second kappa shape index (κ2) is 4.96. The number of hydrogen-bond acceptors (Lipinski definition) is 3. The number of nitrogens with one attached hydrogen (secondary N) is 1. The third kappa shape index (κ3) is 2.66. The smallest absolute Gasteiger partial charge is 0.188 e. The fourth-order valence-corrected chi connectivity index (χ4v) is 2.86. The fraction of sp³-hybridized carbons (Fsp3) is 0. The highest BCUT2D eigenvalue weighted by Gasteiger charge is 2.07. The molecule has 6 heteroatoms. The van der Waals surface area contributed by atoms with Gasteiger partial charge in [-0.3, -0.25) is 0 Å². The molecule has 0 unspecified atom stereocenters. The largest absolute Gasteiger partial charge is 0.330 e. The number of hydrogen-bond donors (Lipinski definition) is 1. The normalized spacial score (nSPS) is 10.9. The van der Waals surface area contributed by atoms with Gasteiger partial charge in [0.25, 0.3) is 0 Å². The minimum absolute atomic E-state index is 0.301. The number of benzene rings is 2. The van der Waals surface area contributed by atoms with Gasteiger partial charge in [-0.05, 0) is 30.3 Å². The molecule has 0 fully saturated rings. The average molecular weight is 313 g/mol. The number of nitrogens with zero attached hydrogens (tertiary/aromatic N) is 1. The van der Waals surface area contributed by atoms with Crippen LogP contribution in [0.5, 0.6) is 0 Å². The third-order valence-corrected chi connectivity index (χ3v) is 4.04. The summed E-state index contributed by atoms with van der Waals surface area (Å²) in [6.45, 7) is 0. The molecule has 0 aliphatic rings. The lowest BCUT2D eigenvalue weighted by Crippen LogP contribution is -1.90. The summed E-state index contributed by atoms with van der Waals surface area (Å²) in [5.74, 6) is -0.301. The topological polar surface area (TPSA) is 24.9 Å². The Morgan fingerprint density at radius 2 is 1.95 bits per heavy atom. The van der Waals surface area contributed by atoms with Crippen LogP contribution in [0.25, 0.3) is 10.2 Å². The highest BCUT2D eigenvalue weighted by atomic mass is 35.5. The van der Waals surface area contributed by atoms with Crippen molar-refractivity contribution in [1.82, 2.24) is 4.98 Å². The summed E-state index contributed by atoms with van der Waals surface area (Å²) in [5, 5.41) is 4.87. The molecule has 0 aliphatic carbocycles. The van der Waals surface area contributed by atoms with Gasteiger partial charge in [0.2, 0.25) is 0 Å². The number of aromatic nitrogens is 1. The highest BCUT2D eigenvalue weighted by Crippen LogP contribution is 2.32. The predicted octanol–water partition coefficient (Wildman–Crippen LogP) is 5.49. The molecule has 3 rings (SSSR count). The van der Waals surface area contributed by atoms with Crippen LogP contribution < -0.4 is 5.32 Å². The number of halogens is 3. The Balaban J connectivity index is 1.98. The molecule has 0 amide bonds. The van der Waals surface area contributed by atoms with Gasteiger partial charge in [-0.2, -0.15) is 0 Å². The van der Waals surface area contributed by atoms with Crippen LogP contribution in [-0.4, -0.2) is 4.98 Å². The Labute approximate surface area is 122 Å². The zero-order chi connectivity index (χ0) is 13.4. The zero-order valence-electron chi connectivity index (χ0n) is 9.45. The van der Waals surface area contributed by atoms with E-state index < -0.39 is 0 Å². The molecule has 96 valence electrons. The molecule has 1 aromatic heterocycles. The van der Waals surface area contributed by atoms with Crippen molar-refractivity contribution in [2.24, 2.45) is 0 Å². The predicted molar refractivity (Wildman–Crippen MR) is 79.3 cm³/mol. The summed E-state index contributed by atoms with van der Waals surface area (Å²) in [6.07, 6.45) is 0. The van der Waals surface area contributed by atoms with Crippen LogP contribution in [-0.2, 0) is 0 Å². The van der Waals surface area contributed by atoms with Gasteiger partial charge in [-0.25, -0.2) is 9.37 Å². The Hall–Kier alpha value is -1.36. The van der Waals surface area contributed by atoms with Crippen LogP contribution in [0.4, 0.5) is 15.2 Å². The molecule has 0 saturated heterocycles. The van der Waals surface area contributed by atoms with Crippen LogP contribution in [0.15, 0.2) is 36.4 Å². The summed E-state index contributed by atoms with van der Waals surface area (Å²) >= 11 is 13.4. The van der Waals surface area contributed by atoms with E-state index in [9.17, 15) is 4.39 Å². The molecule has 0 bridgehead atoms. The van der Waals surface area contributed by atoms with Crippen LogP contribution in [0, 0.1) is 5.82 Å². The first-order valence-electron chi connectivity index (χ1n) is 5.40. The second-order valence-corrected chi connectivity index (χ2v) is 5.75. The first kappa shape index (κ1) is 12.7. The molecule has 0 saturated carbocycles. The zero-order valence-corrected chi connectivity index (χ0v) is 11.8. The summed E-state index contributed by atoms with van der Waals surface area (Å²) < 4.78 is 14.0. The first-order valence-corrected chi connectivity index (χ1v) is 6.97. The Bertz CT molecular complexity index is 757. The summed E-state index contributed by atoms with van der Waals surface area (Å²) in [7, 11) is 0. The molecule has 1 N–H and O–H groups in total. The van der Waals surface area contributed by atoms with E-state index in [-0.39, 0.29) is 5.82 Å². The van der Waals surface area contributed by atoms with Gasteiger partial charge in [-0.15, -0.1) is 0 Å². The van der Waals surface area contributed by atoms with E-state index >= 15 is 0 Å². The maximum atomic E-state index is 13.1. The summed E-state index contributed by atoms with van der Waals surface area (Å²) in [5.41, 5.74) is 1.29. The lowest BCUT2D eigenvalue weighted by atomic mass is 10.3. The second-order valence-electron chi connectivity index (χ2n) is 3.88. The molecule has 2 nitrogen and oxygen atoms in total. The van der Waals surface area contributed by atoms with Crippen molar-refractivity contribution in [2.45, 2.75) is 0 Å². The van der Waals surface area contributed by atoms with Gasteiger partial charge in [-0.1, -0.05) is 34.5 Å². The first-order chi connectivity index (χ1) is 9.11. The van der Waals surface area contributed by atoms with Gasteiger partial charge >= 0.3 is 0 Å². The molecule has 2 aromatic carbocycles. The van der Waals surface area contributed by atoms with E-state index in [2.05, 4.69) is 10.3 Å². The monoisotopic (exact) mass is 312 g/mol. The number of thiazole rings is 1. The minimum atomic E-state index is -0.301. The average Bonchev–Trinajstić information content (AvgIpc) is 2.75. The van der Waals surface area contributed by atoms with Gasteiger partial charge in [0.1, 0.15) is 5.82 Å². The SMILES string of the molecule is Fc1ccc2sc(Nc3cc(Cl)ccc3Cl)nc2c1. The summed E-state index contributed by atoms with van der Waals surface area (Å²) in [4.78, 5) is 4.31. The van der Waals surface area contributed by atoms with E-state index in [0.29, 0.717) is 26.4 Å². The molecular weight excluding hydrogens is 306 g/mol. The maximum Gasteiger partial charge on any atom is 0.188 e. The molecular formula is C13H7Cl2FN2S. The van der Waals surface area contributed by atoms with Crippen molar-refractivity contribution in [1.29, 1.82) is 0 Å².